The maximum absolute atomic E-state index is 13.1. The van der Waals surface area contributed by atoms with E-state index in [2.05, 4.69) is 4.98 Å². The van der Waals surface area contributed by atoms with Gasteiger partial charge in [-0.25, -0.2) is 9.37 Å². The lowest BCUT2D eigenvalue weighted by molar-refractivity contribution is -0.167. The maximum atomic E-state index is 13.1. The second kappa shape index (κ2) is 5.63. The predicted octanol–water partition coefficient (Wildman–Crippen LogP) is 3.95. The zero-order valence-corrected chi connectivity index (χ0v) is 12.4. The van der Waals surface area contributed by atoms with Gasteiger partial charge in [0.15, 0.2) is 0 Å². The third-order valence-electron chi connectivity index (χ3n) is 3.37. The summed E-state index contributed by atoms with van der Waals surface area (Å²) >= 11 is 0. The van der Waals surface area contributed by atoms with Crippen molar-refractivity contribution in [3.05, 3.63) is 54.0 Å². The lowest BCUT2D eigenvalue weighted by Gasteiger charge is -2.10. The Labute approximate surface area is 133 Å². The number of carbonyl (C=O) groups excluding carboxylic acids is 1. The van der Waals surface area contributed by atoms with Crippen LogP contribution in [-0.4, -0.2) is 21.5 Å². The Morgan fingerprint density at radius 3 is 2.42 bits per heavy atom. The molecule has 0 unspecified atom stereocenters. The highest BCUT2D eigenvalue weighted by Gasteiger charge is 2.39. The molecule has 0 spiro atoms. The van der Waals surface area contributed by atoms with Crippen molar-refractivity contribution in [1.29, 1.82) is 0 Å². The molecular formula is C16H11F4N3O. The van der Waals surface area contributed by atoms with Gasteiger partial charge in [0, 0.05) is 11.8 Å². The highest BCUT2D eigenvalue weighted by molar-refractivity contribution is 5.97. The minimum absolute atomic E-state index is 0.123. The molecule has 3 aromatic rings. The third-order valence-corrected chi connectivity index (χ3v) is 3.37. The highest BCUT2D eigenvalue weighted by atomic mass is 19.4. The molecule has 3 rings (SSSR count). The lowest BCUT2D eigenvalue weighted by Crippen LogP contribution is -2.30. The van der Waals surface area contributed by atoms with Crippen LogP contribution in [0, 0.1) is 12.7 Å². The Morgan fingerprint density at radius 2 is 1.79 bits per heavy atom. The molecule has 0 saturated carbocycles. The normalized spacial score (nSPS) is 11.7. The summed E-state index contributed by atoms with van der Waals surface area (Å²) in [5.41, 5.74) is 1.64. The topological polar surface area (TPSA) is 46.4 Å². The maximum Gasteiger partial charge on any atom is 0.471 e. The van der Waals surface area contributed by atoms with Gasteiger partial charge in [-0.1, -0.05) is 6.07 Å². The summed E-state index contributed by atoms with van der Waals surface area (Å²) in [7, 11) is 0. The average Bonchev–Trinajstić information content (AvgIpc) is 2.85. The summed E-state index contributed by atoms with van der Waals surface area (Å²) in [6, 6.07) is 8.46. The fourth-order valence-corrected chi connectivity index (χ4v) is 2.26. The quantitative estimate of drug-likeness (QED) is 0.720. The number of aromatic nitrogens is 2. The van der Waals surface area contributed by atoms with E-state index in [1.165, 1.54) is 28.7 Å². The summed E-state index contributed by atoms with van der Waals surface area (Å²) in [6.45, 7) is 1.76. The predicted molar refractivity (Wildman–Crippen MR) is 80.0 cm³/mol. The molecule has 1 amide bonds. The zero-order valence-electron chi connectivity index (χ0n) is 12.4. The molecule has 0 atom stereocenters. The van der Waals surface area contributed by atoms with Crippen LogP contribution in [0.3, 0.4) is 0 Å². The Kier molecular flexibility index (Phi) is 3.75. The highest BCUT2D eigenvalue weighted by Crippen LogP contribution is 2.30. The zero-order chi connectivity index (χ0) is 17.5. The number of hydrogen-bond donors (Lipinski definition) is 1. The van der Waals surface area contributed by atoms with Gasteiger partial charge in [-0.15, -0.1) is 0 Å². The average molecular weight is 337 g/mol. The fourth-order valence-electron chi connectivity index (χ4n) is 2.26. The number of pyridine rings is 1. The standard InChI is InChI=1S/C16H11F4N3O/c1-9-2-7-12-21-13(10-3-5-11(17)6-4-10)14(23(12)8-9)22-15(24)16(18,19)20/h2-8H,1H3,(H,22,24). The SMILES string of the molecule is Cc1ccc2nc(-c3ccc(F)cc3)c(NC(=O)C(F)(F)F)n2c1. The largest absolute Gasteiger partial charge is 0.471 e. The van der Waals surface area contributed by atoms with E-state index in [1.54, 1.807) is 25.3 Å². The van der Waals surface area contributed by atoms with Crippen LogP contribution in [0.25, 0.3) is 16.9 Å². The van der Waals surface area contributed by atoms with Crippen molar-refractivity contribution in [3.8, 4) is 11.3 Å². The molecule has 24 heavy (non-hydrogen) atoms. The molecule has 8 heteroatoms. The van der Waals surface area contributed by atoms with Crippen LogP contribution in [0.5, 0.6) is 0 Å². The van der Waals surface area contributed by atoms with Crippen molar-refractivity contribution in [1.82, 2.24) is 9.38 Å². The number of aryl methyl sites for hydroxylation is 1. The second-order valence-corrected chi connectivity index (χ2v) is 5.20. The number of alkyl halides is 3. The Hall–Kier alpha value is -2.90. The van der Waals surface area contributed by atoms with E-state index in [0.29, 0.717) is 11.2 Å². The van der Waals surface area contributed by atoms with Crippen LogP contribution in [-0.2, 0) is 4.79 Å². The third kappa shape index (κ3) is 2.94. The molecular weight excluding hydrogens is 326 g/mol. The van der Waals surface area contributed by atoms with Gasteiger partial charge in [-0.05, 0) is 42.8 Å². The minimum Gasteiger partial charge on any atom is -0.302 e. The number of nitrogens with zero attached hydrogens (tertiary/aromatic N) is 2. The van der Waals surface area contributed by atoms with E-state index >= 15 is 0 Å². The van der Waals surface area contributed by atoms with Gasteiger partial charge in [-0.3, -0.25) is 9.20 Å². The smallest absolute Gasteiger partial charge is 0.302 e. The number of carbonyl (C=O) groups is 1. The van der Waals surface area contributed by atoms with Gasteiger partial charge in [0.25, 0.3) is 0 Å². The van der Waals surface area contributed by atoms with Crippen molar-refractivity contribution in [2.45, 2.75) is 13.1 Å². The van der Waals surface area contributed by atoms with E-state index in [4.69, 9.17) is 0 Å². The molecule has 0 bridgehead atoms. The van der Waals surface area contributed by atoms with Crippen LogP contribution >= 0.6 is 0 Å². The first kappa shape index (κ1) is 16.0. The van der Waals surface area contributed by atoms with Crippen molar-refractivity contribution in [3.63, 3.8) is 0 Å². The molecule has 1 N–H and O–H groups in total. The van der Waals surface area contributed by atoms with Gasteiger partial charge < -0.3 is 5.32 Å². The first-order valence-electron chi connectivity index (χ1n) is 6.88. The fraction of sp³-hybridized carbons (Fsp3) is 0.125. The summed E-state index contributed by atoms with van der Waals surface area (Å²) in [5, 5.41) is 1.86. The molecule has 0 fully saturated rings. The lowest BCUT2D eigenvalue weighted by atomic mass is 10.1. The molecule has 2 heterocycles. The molecule has 2 aromatic heterocycles. The number of rotatable bonds is 2. The van der Waals surface area contributed by atoms with E-state index in [1.807, 2.05) is 5.32 Å². The summed E-state index contributed by atoms with van der Waals surface area (Å²) in [4.78, 5) is 15.6. The minimum atomic E-state index is -5.03. The number of halogens is 4. The summed E-state index contributed by atoms with van der Waals surface area (Å²) in [5.74, 6) is -2.71. The van der Waals surface area contributed by atoms with Crippen molar-refractivity contribution in [2.75, 3.05) is 5.32 Å². The van der Waals surface area contributed by atoms with E-state index in [9.17, 15) is 22.4 Å². The molecule has 4 nitrogen and oxygen atoms in total. The number of fused-ring (bicyclic) bond motifs is 1. The monoisotopic (exact) mass is 337 g/mol. The molecule has 0 aliphatic heterocycles. The van der Waals surface area contributed by atoms with Crippen molar-refractivity contribution >= 4 is 17.4 Å². The number of hydrogen-bond acceptors (Lipinski definition) is 2. The van der Waals surface area contributed by atoms with Gasteiger partial charge in [0.05, 0.1) is 0 Å². The van der Waals surface area contributed by atoms with Crippen LogP contribution in [0.4, 0.5) is 23.4 Å². The van der Waals surface area contributed by atoms with Crippen LogP contribution in [0.15, 0.2) is 42.6 Å². The van der Waals surface area contributed by atoms with E-state index in [0.717, 1.165) is 5.56 Å². The van der Waals surface area contributed by atoms with Crippen LogP contribution < -0.4 is 5.32 Å². The van der Waals surface area contributed by atoms with Gasteiger partial charge >= 0.3 is 12.1 Å². The van der Waals surface area contributed by atoms with Crippen molar-refractivity contribution in [2.24, 2.45) is 0 Å². The number of imidazole rings is 1. The molecule has 0 radical (unpaired) electrons. The van der Waals surface area contributed by atoms with Gasteiger partial charge in [0.2, 0.25) is 0 Å². The first-order valence-corrected chi connectivity index (χ1v) is 6.88. The number of amides is 1. The molecule has 0 saturated heterocycles. The molecule has 1 aromatic carbocycles. The molecule has 0 aliphatic carbocycles. The second-order valence-electron chi connectivity index (χ2n) is 5.20. The van der Waals surface area contributed by atoms with Crippen LogP contribution in [0.1, 0.15) is 5.56 Å². The Bertz CT molecular complexity index is 913. The molecule has 0 aliphatic rings. The van der Waals surface area contributed by atoms with E-state index < -0.39 is 17.9 Å². The molecule has 124 valence electrons. The summed E-state index contributed by atoms with van der Waals surface area (Å²) in [6.07, 6.45) is -3.48. The Morgan fingerprint density at radius 1 is 1.12 bits per heavy atom. The number of nitrogens with one attached hydrogen (secondary N) is 1. The van der Waals surface area contributed by atoms with E-state index in [-0.39, 0.29) is 11.5 Å². The van der Waals surface area contributed by atoms with Crippen LogP contribution in [0.2, 0.25) is 0 Å². The first-order chi connectivity index (χ1) is 11.3. The van der Waals surface area contributed by atoms with Gasteiger partial charge in [0.1, 0.15) is 23.0 Å². The summed E-state index contributed by atoms with van der Waals surface area (Å²) < 4.78 is 52.3. The Balaban J connectivity index is 2.19. The number of benzene rings is 1. The van der Waals surface area contributed by atoms with Gasteiger partial charge in [-0.2, -0.15) is 13.2 Å². The van der Waals surface area contributed by atoms with Crippen molar-refractivity contribution < 1.29 is 22.4 Å². The number of anilines is 1.